The van der Waals surface area contributed by atoms with Crippen LogP contribution in [-0.4, -0.2) is 42.8 Å². The van der Waals surface area contributed by atoms with Crippen molar-refractivity contribution in [3.05, 3.63) is 120 Å². The van der Waals surface area contributed by atoms with Gasteiger partial charge >= 0.3 is 0 Å². The number of hydrogen-bond donors (Lipinski definition) is 0. The zero-order chi connectivity index (χ0) is 22.7. The summed E-state index contributed by atoms with van der Waals surface area (Å²) in [6.07, 6.45) is 1.81. The van der Waals surface area contributed by atoms with Crippen LogP contribution in [-0.2, 0) is 34.0 Å². The van der Waals surface area contributed by atoms with Gasteiger partial charge in [-0.05, 0) is 16.7 Å². The van der Waals surface area contributed by atoms with E-state index in [2.05, 4.69) is 47.9 Å². The van der Waals surface area contributed by atoms with Crippen LogP contribution in [0.3, 0.4) is 0 Å². The van der Waals surface area contributed by atoms with Crippen molar-refractivity contribution < 1.29 is 14.2 Å². The minimum Gasteiger partial charge on any atom is -0.375 e. The monoisotopic (exact) mass is 443 g/mol. The maximum atomic E-state index is 6.50. The van der Waals surface area contributed by atoms with Gasteiger partial charge < -0.3 is 14.2 Å². The second-order valence-electron chi connectivity index (χ2n) is 8.41. The van der Waals surface area contributed by atoms with Crippen LogP contribution in [0.5, 0.6) is 0 Å². The smallest absolute Gasteiger partial charge is 0.103 e. The Bertz CT molecular complexity index is 948. The zero-order valence-electron chi connectivity index (χ0n) is 19.1. The quantitative estimate of drug-likeness (QED) is 0.358. The second kappa shape index (κ2) is 12.5. The fourth-order valence-corrected chi connectivity index (χ4v) is 4.28. The molecule has 1 heterocycles. The van der Waals surface area contributed by atoms with Gasteiger partial charge in [-0.25, -0.2) is 0 Å². The molecule has 0 amide bonds. The number of hydrogen-bond acceptors (Lipinski definition) is 4. The van der Waals surface area contributed by atoms with E-state index in [1.165, 1.54) is 11.1 Å². The van der Waals surface area contributed by atoms with E-state index >= 15 is 0 Å². The molecule has 33 heavy (non-hydrogen) atoms. The van der Waals surface area contributed by atoms with Gasteiger partial charge in [0.15, 0.2) is 0 Å². The molecule has 3 aromatic rings. The Labute approximate surface area is 197 Å². The predicted octanol–water partition coefficient (Wildman–Crippen LogP) is 5.24. The lowest BCUT2D eigenvalue weighted by Gasteiger charge is -2.28. The second-order valence-corrected chi connectivity index (χ2v) is 8.41. The minimum absolute atomic E-state index is 0.0424. The zero-order valence-corrected chi connectivity index (χ0v) is 19.1. The van der Waals surface area contributed by atoms with E-state index in [4.69, 9.17) is 14.2 Å². The number of ether oxygens (including phenoxy) is 3. The number of rotatable bonds is 12. The Hall–Kier alpha value is -2.76. The molecule has 0 spiro atoms. The summed E-state index contributed by atoms with van der Waals surface area (Å²) < 4.78 is 19.1. The molecule has 0 unspecified atom stereocenters. The average Bonchev–Trinajstić information content (AvgIpc) is 3.19. The molecule has 0 bridgehead atoms. The Kier molecular flexibility index (Phi) is 8.84. The molecular formula is C29H33NO3. The number of benzene rings is 3. The Morgan fingerprint density at radius 1 is 0.727 bits per heavy atom. The van der Waals surface area contributed by atoms with E-state index in [1.807, 2.05) is 60.7 Å². The molecule has 0 aromatic heterocycles. The van der Waals surface area contributed by atoms with Crippen LogP contribution < -0.4 is 0 Å². The van der Waals surface area contributed by atoms with E-state index in [-0.39, 0.29) is 18.2 Å². The van der Waals surface area contributed by atoms with Crippen molar-refractivity contribution in [2.24, 2.45) is 0 Å². The van der Waals surface area contributed by atoms with Crippen LogP contribution >= 0.6 is 0 Å². The molecule has 4 rings (SSSR count). The van der Waals surface area contributed by atoms with Gasteiger partial charge in [0, 0.05) is 13.1 Å². The molecule has 172 valence electrons. The first-order valence-electron chi connectivity index (χ1n) is 11.6. The lowest BCUT2D eigenvalue weighted by Crippen LogP contribution is -2.41. The maximum absolute atomic E-state index is 6.50. The summed E-state index contributed by atoms with van der Waals surface area (Å²) in [7, 11) is 0. The minimum atomic E-state index is -0.0929. The van der Waals surface area contributed by atoms with Gasteiger partial charge in [0.2, 0.25) is 0 Å². The van der Waals surface area contributed by atoms with Crippen LogP contribution in [0.15, 0.2) is 104 Å². The number of nitrogens with zero attached hydrogens (tertiary/aromatic N) is 1. The molecule has 1 aliphatic heterocycles. The van der Waals surface area contributed by atoms with Crippen molar-refractivity contribution >= 4 is 0 Å². The Balaban J connectivity index is 1.45. The molecule has 0 N–H and O–H groups in total. The molecule has 1 aliphatic rings. The van der Waals surface area contributed by atoms with E-state index in [9.17, 15) is 0 Å². The molecule has 4 nitrogen and oxygen atoms in total. The fraction of sp³-hybridized carbons (Fsp3) is 0.310. The van der Waals surface area contributed by atoms with Gasteiger partial charge in [-0.3, -0.25) is 4.90 Å². The van der Waals surface area contributed by atoms with Crippen molar-refractivity contribution in [2.45, 2.75) is 38.1 Å². The molecule has 0 aliphatic carbocycles. The van der Waals surface area contributed by atoms with E-state index < -0.39 is 0 Å². The maximum Gasteiger partial charge on any atom is 0.103 e. The van der Waals surface area contributed by atoms with E-state index in [1.54, 1.807) is 0 Å². The third kappa shape index (κ3) is 6.86. The van der Waals surface area contributed by atoms with Crippen LogP contribution in [0, 0.1) is 0 Å². The van der Waals surface area contributed by atoms with E-state index in [0.29, 0.717) is 26.4 Å². The molecule has 4 heteroatoms. The lowest BCUT2D eigenvalue weighted by atomic mass is 10.1. The van der Waals surface area contributed by atoms with Crippen LogP contribution in [0.4, 0.5) is 0 Å². The van der Waals surface area contributed by atoms with Crippen LogP contribution in [0.2, 0.25) is 0 Å². The van der Waals surface area contributed by atoms with Gasteiger partial charge in [-0.1, -0.05) is 97.1 Å². The highest BCUT2D eigenvalue weighted by Gasteiger charge is 2.43. The summed E-state index contributed by atoms with van der Waals surface area (Å²) in [6.45, 7) is 7.80. The summed E-state index contributed by atoms with van der Waals surface area (Å²) in [4.78, 5) is 2.36. The number of likely N-dealkylation sites (tertiary alicyclic amines) is 1. The van der Waals surface area contributed by atoms with Crippen molar-refractivity contribution in [1.29, 1.82) is 0 Å². The predicted molar refractivity (Wildman–Crippen MR) is 132 cm³/mol. The summed E-state index contributed by atoms with van der Waals surface area (Å²) in [5, 5.41) is 0. The standard InChI is InChI=1S/C29H33NO3/c1-2-18-30-19-28(32-21-25-14-8-4-9-15-25)29(33-22-26-16-10-5-11-17-26)27(30)23-31-20-24-12-6-3-7-13-24/h2-17,27-29H,1,18-23H2/t27-,28-,29-/m0/s1. The van der Waals surface area contributed by atoms with Gasteiger partial charge in [0.05, 0.1) is 38.6 Å². The van der Waals surface area contributed by atoms with Crippen molar-refractivity contribution in [2.75, 3.05) is 19.7 Å². The summed E-state index contributed by atoms with van der Waals surface area (Å²) >= 11 is 0. The van der Waals surface area contributed by atoms with Gasteiger partial charge in [-0.2, -0.15) is 0 Å². The fourth-order valence-electron chi connectivity index (χ4n) is 4.28. The van der Waals surface area contributed by atoms with E-state index in [0.717, 1.165) is 18.7 Å². The van der Waals surface area contributed by atoms with Crippen molar-refractivity contribution in [1.82, 2.24) is 4.90 Å². The molecule has 3 atom stereocenters. The summed E-state index contributed by atoms with van der Waals surface area (Å²) in [5.74, 6) is 0. The molecule has 1 saturated heterocycles. The van der Waals surface area contributed by atoms with Crippen molar-refractivity contribution in [3.8, 4) is 0 Å². The van der Waals surface area contributed by atoms with Crippen LogP contribution in [0.25, 0.3) is 0 Å². The first-order valence-corrected chi connectivity index (χ1v) is 11.6. The highest BCUT2D eigenvalue weighted by atomic mass is 16.5. The largest absolute Gasteiger partial charge is 0.375 e. The molecule has 1 fully saturated rings. The van der Waals surface area contributed by atoms with Gasteiger partial charge in [-0.15, -0.1) is 6.58 Å². The van der Waals surface area contributed by atoms with Gasteiger partial charge in [0.1, 0.15) is 6.10 Å². The first kappa shape index (κ1) is 23.4. The lowest BCUT2D eigenvalue weighted by molar-refractivity contribution is -0.0814. The average molecular weight is 444 g/mol. The highest BCUT2D eigenvalue weighted by molar-refractivity contribution is 5.15. The SMILES string of the molecule is C=CCN1C[C@H](OCc2ccccc2)[C@@H](OCc2ccccc2)[C@@H]1COCc1ccccc1. The first-order chi connectivity index (χ1) is 16.3. The summed E-state index contributed by atoms with van der Waals surface area (Å²) in [6, 6.07) is 31.0. The third-order valence-electron chi connectivity index (χ3n) is 5.99. The molecule has 0 radical (unpaired) electrons. The molecule has 0 saturated carbocycles. The van der Waals surface area contributed by atoms with Crippen molar-refractivity contribution in [3.63, 3.8) is 0 Å². The third-order valence-corrected chi connectivity index (χ3v) is 5.99. The van der Waals surface area contributed by atoms with Crippen LogP contribution in [0.1, 0.15) is 16.7 Å². The molecular weight excluding hydrogens is 410 g/mol. The van der Waals surface area contributed by atoms with Gasteiger partial charge in [0.25, 0.3) is 0 Å². The topological polar surface area (TPSA) is 30.9 Å². The highest BCUT2D eigenvalue weighted by Crippen LogP contribution is 2.27. The Morgan fingerprint density at radius 3 is 1.79 bits per heavy atom. The Morgan fingerprint density at radius 2 is 1.24 bits per heavy atom. The molecule has 3 aromatic carbocycles. The normalized spacial score (nSPS) is 20.7. The summed E-state index contributed by atoms with van der Waals surface area (Å²) in [5.41, 5.74) is 3.49.